The molecule has 0 aliphatic heterocycles. The number of aryl methyl sites for hydroxylation is 1. The summed E-state index contributed by atoms with van der Waals surface area (Å²) in [4.78, 5) is 0. The SMILES string of the molecule is COc1cc(N)ccc1COc1cc(Cl)ccc1C. The van der Waals surface area contributed by atoms with E-state index >= 15 is 0 Å². The Morgan fingerprint density at radius 3 is 2.63 bits per heavy atom. The first kappa shape index (κ1) is 13.6. The zero-order valence-electron chi connectivity index (χ0n) is 10.9. The zero-order valence-corrected chi connectivity index (χ0v) is 11.7. The number of anilines is 1. The lowest BCUT2D eigenvalue weighted by Gasteiger charge is -2.12. The van der Waals surface area contributed by atoms with Crippen LogP contribution in [-0.4, -0.2) is 7.11 Å². The predicted octanol–water partition coefficient (Wildman–Crippen LogP) is 3.82. The van der Waals surface area contributed by atoms with Gasteiger partial charge in [-0.05, 0) is 36.8 Å². The Kier molecular flexibility index (Phi) is 4.17. The third-order valence-corrected chi connectivity index (χ3v) is 3.08. The molecule has 2 aromatic carbocycles. The van der Waals surface area contributed by atoms with Gasteiger partial charge in [0.1, 0.15) is 18.1 Å². The van der Waals surface area contributed by atoms with Gasteiger partial charge in [0, 0.05) is 22.3 Å². The fraction of sp³-hybridized carbons (Fsp3) is 0.200. The molecule has 2 aromatic rings. The van der Waals surface area contributed by atoms with E-state index in [4.69, 9.17) is 26.8 Å². The van der Waals surface area contributed by atoms with Crippen LogP contribution in [0, 0.1) is 6.92 Å². The standard InChI is InChI=1S/C15H16ClNO2/c1-10-3-5-12(16)7-14(10)19-9-11-4-6-13(17)8-15(11)18-2/h3-8H,9,17H2,1-2H3. The molecule has 3 nitrogen and oxygen atoms in total. The van der Waals surface area contributed by atoms with Crippen molar-refractivity contribution in [2.75, 3.05) is 12.8 Å². The van der Waals surface area contributed by atoms with Gasteiger partial charge in [0.2, 0.25) is 0 Å². The van der Waals surface area contributed by atoms with Crippen LogP contribution in [0.5, 0.6) is 11.5 Å². The van der Waals surface area contributed by atoms with Crippen molar-refractivity contribution in [3.63, 3.8) is 0 Å². The summed E-state index contributed by atoms with van der Waals surface area (Å²) in [6.45, 7) is 2.39. The molecule has 0 saturated heterocycles. The third kappa shape index (κ3) is 3.32. The first-order chi connectivity index (χ1) is 9.10. The number of hydrogen-bond acceptors (Lipinski definition) is 3. The quantitative estimate of drug-likeness (QED) is 0.864. The maximum absolute atomic E-state index is 5.96. The molecule has 0 aromatic heterocycles. The van der Waals surface area contributed by atoms with Crippen LogP contribution in [-0.2, 0) is 6.61 Å². The van der Waals surface area contributed by atoms with E-state index in [0.29, 0.717) is 17.3 Å². The molecule has 19 heavy (non-hydrogen) atoms. The van der Waals surface area contributed by atoms with E-state index in [1.807, 2.05) is 31.2 Å². The van der Waals surface area contributed by atoms with Crippen molar-refractivity contribution in [1.82, 2.24) is 0 Å². The zero-order chi connectivity index (χ0) is 13.8. The predicted molar refractivity (Wildman–Crippen MR) is 77.9 cm³/mol. The lowest BCUT2D eigenvalue weighted by molar-refractivity contribution is 0.295. The van der Waals surface area contributed by atoms with Gasteiger partial charge >= 0.3 is 0 Å². The second kappa shape index (κ2) is 5.85. The van der Waals surface area contributed by atoms with Crippen molar-refractivity contribution in [3.05, 3.63) is 52.5 Å². The minimum absolute atomic E-state index is 0.407. The average Bonchev–Trinajstić information content (AvgIpc) is 2.40. The highest BCUT2D eigenvalue weighted by Crippen LogP contribution is 2.26. The summed E-state index contributed by atoms with van der Waals surface area (Å²) in [7, 11) is 1.61. The monoisotopic (exact) mass is 277 g/mol. The van der Waals surface area contributed by atoms with E-state index in [1.54, 1.807) is 19.2 Å². The fourth-order valence-electron chi connectivity index (χ4n) is 1.77. The molecule has 0 saturated carbocycles. The van der Waals surface area contributed by atoms with Gasteiger partial charge in [-0.3, -0.25) is 0 Å². The molecule has 0 amide bonds. The number of nitrogens with two attached hydrogens (primary N) is 1. The molecule has 0 radical (unpaired) electrons. The summed E-state index contributed by atoms with van der Waals surface area (Å²) in [5.41, 5.74) is 8.36. The summed E-state index contributed by atoms with van der Waals surface area (Å²) in [5, 5.41) is 0.657. The molecule has 0 atom stereocenters. The Balaban J connectivity index is 2.16. The Morgan fingerprint density at radius 1 is 1.11 bits per heavy atom. The van der Waals surface area contributed by atoms with Crippen molar-refractivity contribution in [1.29, 1.82) is 0 Å². The number of halogens is 1. The Hall–Kier alpha value is -1.87. The molecule has 0 bridgehead atoms. The first-order valence-corrected chi connectivity index (χ1v) is 6.29. The molecule has 0 heterocycles. The fourth-order valence-corrected chi connectivity index (χ4v) is 1.93. The van der Waals surface area contributed by atoms with Crippen LogP contribution in [0.2, 0.25) is 5.02 Å². The Bertz CT molecular complexity index is 584. The summed E-state index contributed by atoms with van der Waals surface area (Å²) < 4.78 is 11.1. The van der Waals surface area contributed by atoms with Crippen molar-refractivity contribution in [2.45, 2.75) is 13.5 Å². The number of ether oxygens (including phenoxy) is 2. The first-order valence-electron chi connectivity index (χ1n) is 5.91. The van der Waals surface area contributed by atoms with Crippen LogP contribution in [0.1, 0.15) is 11.1 Å². The number of hydrogen-bond donors (Lipinski definition) is 1. The van der Waals surface area contributed by atoms with Gasteiger partial charge in [-0.2, -0.15) is 0 Å². The summed E-state index contributed by atoms with van der Waals surface area (Å²) in [5.74, 6) is 1.49. The number of rotatable bonds is 4. The molecule has 0 spiro atoms. The van der Waals surface area contributed by atoms with Gasteiger partial charge in [0.05, 0.1) is 7.11 Å². The van der Waals surface area contributed by atoms with E-state index in [9.17, 15) is 0 Å². The third-order valence-electron chi connectivity index (χ3n) is 2.84. The number of nitrogen functional groups attached to an aromatic ring is 1. The van der Waals surface area contributed by atoms with Gasteiger partial charge in [0.15, 0.2) is 0 Å². The molecule has 100 valence electrons. The largest absolute Gasteiger partial charge is 0.496 e. The van der Waals surface area contributed by atoms with E-state index < -0.39 is 0 Å². The topological polar surface area (TPSA) is 44.5 Å². The second-order valence-electron chi connectivity index (χ2n) is 4.27. The van der Waals surface area contributed by atoms with Gasteiger partial charge < -0.3 is 15.2 Å². The van der Waals surface area contributed by atoms with Gasteiger partial charge in [-0.25, -0.2) is 0 Å². The maximum Gasteiger partial charge on any atom is 0.127 e. The van der Waals surface area contributed by atoms with Crippen molar-refractivity contribution in [2.24, 2.45) is 0 Å². The lowest BCUT2D eigenvalue weighted by Crippen LogP contribution is -2.00. The number of methoxy groups -OCH3 is 1. The van der Waals surface area contributed by atoms with Crippen molar-refractivity contribution in [3.8, 4) is 11.5 Å². The van der Waals surface area contributed by atoms with Crippen LogP contribution in [0.3, 0.4) is 0 Å². The van der Waals surface area contributed by atoms with Crippen LogP contribution < -0.4 is 15.2 Å². The molecule has 2 rings (SSSR count). The Morgan fingerprint density at radius 2 is 1.89 bits per heavy atom. The Labute approximate surface area is 117 Å². The molecule has 0 aliphatic carbocycles. The normalized spacial score (nSPS) is 10.3. The molecule has 0 unspecified atom stereocenters. The second-order valence-corrected chi connectivity index (χ2v) is 4.71. The molecule has 2 N–H and O–H groups in total. The van der Waals surface area contributed by atoms with Crippen LogP contribution in [0.25, 0.3) is 0 Å². The smallest absolute Gasteiger partial charge is 0.127 e. The van der Waals surface area contributed by atoms with Crippen molar-refractivity contribution >= 4 is 17.3 Å². The van der Waals surface area contributed by atoms with E-state index in [1.165, 1.54) is 0 Å². The minimum atomic E-state index is 0.407. The van der Waals surface area contributed by atoms with Crippen LogP contribution in [0.4, 0.5) is 5.69 Å². The molecular formula is C15H16ClNO2. The van der Waals surface area contributed by atoms with Gasteiger partial charge in [0.25, 0.3) is 0 Å². The summed E-state index contributed by atoms with van der Waals surface area (Å²) in [6, 6.07) is 11.1. The average molecular weight is 278 g/mol. The van der Waals surface area contributed by atoms with E-state index in [0.717, 1.165) is 22.6 Å². The van der Waals surface area contributed by atoms with E-state index in [2.05, 4.69) is 0 Å². The molecular weight excluding hydrogens is 262 g/mol. The number of benzene rings is 2. The van der Waals surface area contributed by atoms with Crippen LogP contribution in [0.15, 0.2) is 36.4 Å². The highest BCUT2D eigenvalue weighted by Gasteiger charge is 2.06. The van der Waals surface area contributed by atoms with Crippen molar-refractivity contribution < 1.29 is 9.47 Å². The highest BCUT2D eigenvalue weighted by atomic mass is 35.5. The molecule has 0 aliphatic rings. The van der Waals surface area contributed by atoms with E-state index in [-0.39, 0.29) is 0 Å². The minimum Gasteiger partial charge on any atom is -0.496 e. The lowest BCUT2D eigenvalue weighted by atomic mass is 10.2. The van der Waals surface area contributed by atoms with Gasteiger partial charge in [-0.15, -0.1) is 0 Å². The highest BCUT2D eigenvalue weighted by molar-refractivity contribution is 6.30. The maximum atomic E-state index is 5.96. The summed E-state index contributed by atoms with van der Waals surface area (Å²) >= 11 is 5.96. The van der Waals surface area contributed by atoms with Crippen LogP contribution >= 0.6 is 11.6 Å². The summed E-state index contributed by atoms with van der Waals surface area (Å²) in [6.07, 6.45) is 0. The van der Waals surface area contributed by atoms with Gasteiger partial charge in [-0.1, -0.05) is 17.7 Å². The molecule has 4 heteroatoms. The molecule has 0 fully saturated rings.